The summed E-state index contributed by atoms with van der Waals surface area (Å²) < 4.78 is 14.7. The SMILES string of the molecule is Cn1c(=O)n(CCC(=O)N2CCC3(CC2)OCCO3)c2ccccc21. The number of imidazole rings is 1. The van der Waals surface area contributed by atoms with E-state index in [4.69, 9.17) is 9.47 Å². The van der Waals surface area contributed by atoms with Gasteiger partial charge in [-0.1, -0.05) is 12.1 Å². The maximum Gasteiger partial charge on any atom is 0.328 e. The number of ether oxygens (including phenoxy) is 2. The fraction of sp³-hybridized carbons (Fsp3) is 0.556. The zero-order valence-electron chi connectivity index (χ0n) is 14.4. The number of rotatable bonds is 3. The first-order valence-electron chi connectivity index (χ1n) is 8.80. The number of carbonyl (C=O) groups is 1. The number of aromatic nitrogens is 2. The molecule has 2 fully saturated rings. The zero-order chi connectivity index (χ0) is 17.4. The topological polar surface area (TPSA) is 65.7 Å². The quantitative estimate of drug-likeness (QED) is 0.835. The lowest BCUT2D eigenvalue weighted by atomic mass is 10.0. The van der Waals surface area contributed by atoms with E-state index in [-0.39, 0.29) is 11.6 Å². The summed E-state index contributed by atoms with van der Waals surface area (Å²) in [5.74, 6) is -0.392. The Morgan fingerprint density at radius 2 is 1.76 bits per heavy atom. The molecule has 7 heteroatoms. The first-order chi connectivity index (χ1) is 12.1. The van der Waals surface area contributed by atoms with Gasteiger partial charge in [-0.2, -0.15) is 0 Å². The summed E-state index contributed by atoms with van der Waals surface area (Å²) in [7, 11) is 1.76. The maximum absolute atomic E-state index is 12.6. The van der Waals surface area contributed by atoms with E-state index in [9.17, 15) is 9.59 Å². The van der Waals surface area contributed by atoms with Crippen molar-refractivity contribution in [2.24, 2.45) is 7.05 Å². The fourth-order valence-electron chi connectivity index (χ4n) is 3.83. The molecule has 7 nitrogen and oxygen atoms in total. The summed E-state index contributed by atoms with van der Waals surface area (Å²) >= 11 is 0. The molecule has 4 rings (SSSR count). The number of carbonyl (C=O) groups excluding carboxylic acids is 1. The summed E-state index contributed by atoms with van der Waals surface area (Å²) in [6.45, 7) is 2.95. The predicted octanol–water partition coefficient (Wildman–Crippen LogP) is 1.10. The standard InChI is InChI=1S/C18H23N3O4/c1-19-14-4-2-3-5-15(14)21(17(19)23)9-6-16(22)20-10-7-18(8-11-20)24-12-13-25-18/h2-5H,6-13H2,1H3. The number of fused-ring (bicyclic) bond motifs is 1. The van der Waals surface area contributed by atoms with Crippen molar-refractivity contribution in [3.05, 3.63) is 34.7 Å². The summed E-state index contributed by atoms with van der Waals surface area (Å²) in [5, 5.41) is 0. The van der Waals surface area contributed by atoms with Gasteiger partial charge < -0.3 is 14.4 Å². The van der Waals surface area contributed by atoms with Crippen LogP contribution in [0.25, 0.3) is 11.0 Å². The highest BCUT2D eigenvalue weighted by Crippen LogP contribution is 2.31. The monoisotopic (exact) mass is 345 g/mol. The third-order valence-electron chi connectivity index (χ3n) is 5.29. The minimum absolute atomic E-state index is 0.0766. The fourth-order valence-corrected chi connectivity index (χ4v) is 3.83. The van der Waals surface area contributed by atoms with Gasteiger partial charge in [0.05, 0.1) is 24.2 Å². The number of aryl methyl sites for hydroxylation is 2. The van der Waals surface area contributed by atoms with Gasteiger partial charge in [-0.25, -0.2) is 4.79 Å². The van der Waals surface area contributed by atoms with Crippen molar-refractivity contribution in [1.82, 2.24) is 14.0 Å². The van der Waals surface area contributed by atoms with Crippen LogP contribution in [0.15, 0.2) is 29.1 Å². The summed E-state index contributed by atoms with van der Waals surface area (Å²) in [4.78, 5) is 26.8. The summed E-state index contributed by atoms with van der Waals surface area (Å²) in [6, 6.07) is 7.65. The summed E-state index contributed by atoms with van der Waals surface area (Å²) in [6.07, 6.45) is 1.75. The lowest BCUT2D eigenvalue weighted by molar-refractivity contribution is -0.187. The molecule has 0 aliphatic carbocycles. The Morgan fingerprint density at radius 1 is 1.12 bits per heavy atom. The van der Waals surface area contributed by atoms with E-state index in [1.165, 1.54) is 0 Å². The van der Waals surface area contributed by atoms with Crippen LogP contribution in [0.4, 0.5) is 0 Å². The third kappa shape index (κ3) is 2.87. The van der Waals surface area contributed by atoms with Crippen LogP contribution in [0.5, 0.6) is 0 Å². The normalized spacial score (nSPS) is 19.8. The lowest BCUT2D eigenvalue weighted by Gasteiger charge is -2.37. The number of amides is 1. The Balaban J connectivity index is 1.41. The first kappa shape index (κ1) is 16.4. The van der Waals surface area contributed by atoms with Crippen molar-refractivity contribution in [1.29, 1.82) is 0 Å². The molecule has 3 heterocycles. The van der Waals surface area contributed by atoms with Crippen molar-refractivity contribution in [3.63, 3.8) is 0 Å². The molecular formula is C18H23N3O4. The molecule has 1 aromatic carbocycles. The number of hydrogen-bond acceptors (Lipinski definition) is 4. The van der Waals surface area contributed by atoms with E-state index in [2.05, 4.69) is 0 Å². The molecule has 1 amide bonds. The van der Waals surface area contributed by atoms with Crippen molar-refractivity contribution in [2.45, 2.75) is 31.6 Å². The highest BCUT2D eigenvalue weighted by molar-refractivity contribution is 5.78. The van der Waals surface area contributed by atoms with Crippen LogP contribution in [-0.2, 0) is 27.9 Å². The number of hydrogen-bond donors (Lipinski definition) is 0. The molecule has 2 aliphatic rings. The Bertz CT molecular complexity index is 838. The minimum atomic E-state index is -0.469. The van der Waals surface area contributed by atoms with Crippen LogP contribution >= 0.6 is 0 Å². The largest absolute Gasteiger partial charge is 0.347 e. The van der Waals surface area contributed by atoms with Gasteiger partial charge in [0.2, 0.25) is 5.91 Å². The smallest absolute Gasteiger partial charge is 0.328 e. The van der Waals surface area contributed by atoms with Crippen LogP contribution in [0.1, 0.15) is 19.3 Å². The zero-order valence-corrected chi connectivity index (χ0v) is 14.4. The molecule has 2 saturated heterocycles. The first-order valence-corrected chi connectivity index (χ1v) is 8.80. The molecule has 1 spiro atoms. The average molecular weight is 345 g/mol. The highest BCUT2D eigenvalue weighted by Gasteiger charge is 2.40. The molecule has 1 aromatic heterocycles. The van der Waals surface area contributed by atoms with Crippen molar-refractivity contribution in [3.8, 4) is 0 Å². The molecule has 0 bridgehead atoms. The minimum Gasteiger partial charge on any atom is -0.347 e. The molecular weight excluding hydrogens is 322 g/mol. The van der Waals surface area contributed by atoms with Gasteiger partial charge in [0.1, 0.15) is 0 Å². The molecule has 0 N–H and O–H groups in total. The molecule has 2 aliphatic heterocycles. The summed E-state index contributed by atoms with van der Waals surface area (Å²) in [5.41, 5.74) is 1.67. The van der Waals surface area contributed by atoms with Crippen LogP contribution < -0.4 is 5.69 Å². The van der Waals surface area contributed by atoms with Crippen LogP contribution in [0, 0.1) is 0 Å². The van der Waals surface area contributed by atoms with E-state index < -0.39 is 5.79 Å². The average Bonchev–Trinajstić information content (AvgIpc) is 3.18. The number of piperidine rings is 1. The third-order valence-corrected chi connectivity index (χ3v) is 5.29. The van der Waals surface area contributed by atoms with E-state index in [1.807, 2.05) is 29.2 Å². The van der Waals surface area contributed by atoms with Crippen molar-refractivity contribution < 1.29 is 14.3 Å². The number of likely N-dealkylation sites (tertiary alicyclic amines) is 1. The van der Waals surface area contributed by atoms with Crippen LogP contribution in [0.2, 0.25) is 0 Å². The second-order valence-corrected chi connectivity index (χ2v) is 6.72. The van der Waals surface area contributed by atoms with Gasteiger partial charge in [-0.15, -0.1) is 0 Å². The van der Waals surface area contributed by atoms with E-state index in [1.54, 1.807) is 16.2 Å². The molecule has 0 unspecified atom stereocenters. The molecule has 0 atom stereocenters. The Hall–Kier alpha value is -2.12. The van der Waals surface area contributed by atoms with Gasteiger partial charge in [0.25, 0.3) is 0 Å². The predicted molar refractivity (Wildman–Crippen MR) is 92.2 cm³/mol. The van der Waals surface area contributed by atoms with E-state index in [0.29, 0.717) is 52.1 Å². The maximum atomic E-state index is 12.6. The van der Waals surface area contributed by atoms with Gasteiger partial charge in [-0.3, -0.25) is 13.9 Å². The Kier molecular flexibility index (Phi) is 4.13. The van der Waals surface area contributed by atoms with E-state index >= 15 is 0 Å². The van der Waals surface area contributed by atoms with Gasteiger partial charge in [0, 0.05) is 45.9 Å². The van der Waals surface area contributed by atoms with Crippen molar-refractivity contribution in [2.75, 3.05) is 26.3 Å². The van der Waals surface area contributed by atoms with E-state index in [0.717, 1.165) is 11.0 Å². The van der Waals surface area contributed by atoms with Gasteiger partial charge in [-0.05, 0) is 12.1 Å². The highest BCUT2D eigenvalue weighted by atomic mass is 16.7. The number of benzene rings is 1. The second kappa shape index (κ2) is 6.31. The van der Waals surface area contributed by atoms with Crippen molar-refractivity contribution >= 4 is 16.9 Å². The van der Waals surface area contributed by atoms with Gasteiger partial charge >= 0.3 is 5.69 Å². The molecule has 134 valence electrons. The van der Waals surface area contributed by atoms with Crippen LogP contribution in [0.3, 0.4) is 0 Å². The molecule has 25 heavy (non-hydrogen) atoms. The number of para-hydroxylation sites is 2. The number of nitrogens with zero attached hydrogens (tertiary/aromatic N) is 3. The molecule has 0 saturated carbocycles. The molecule has 0 radical (unpaired) electrons. The molecule has 2 aromatic rings. The second-order valence-electron chi connectivity index (χ2n) is 6.72. The Labute approximate surface area is 145 Å². The van der Waals surface area contributed by atoms with Crippen LogP contribution in [-0.4, -0.2) is 52.0 Å². The lowest BCUT2D eigenvalue weighted by Crippen LogP contribution is -2.47. The Morgan fingerprint density at radius 3 is 2.44 bits per heavy atom. The van der Waals surface area contributed by atoms with Gasteiger partial charge in [0.15, 0.2) is 5.79 Å².